The van der Waals surface area contributed by atoms with Gasteiger partial charge in [-0.25, -0.2) is 8.42 Å². The molecule has 1 aromatic rings. The zero-order valence-corrected chi connectivity index (χ0v) is 12.4. The highest BCUT2D eigenvalue weighted by atomic mass is 32.2. The highest BCUT2D eigenvalue weighted by Gasteiger charge is 2.30. The summed E-state index contributed by atoms with van der Waals surface area (Å²) < 4.78 is 28.3. The first-order chi connectivity index (χ1) is 9.54. The average molecular weight is 296 g/mol. The Morgan fingerprint density at radius 1 is 1.55 bits per heavy atom. The Bertz CT molecular complexity index is 609. The van der Waals surface area contributed by atoms with Crippen LogP contribution in [0.15, 0.2) is 17.2 Å². The van der Waals surface area contributed by atoms with Crippen molar-refractivity contribution in [2.45, 2.75) is 43.7 Å². The quantitative estimate of drug-likeness (QED) is 0.773. The van der Waals surface area contributed by atoms with Gasteiger partial charge in [0.15, 0.2) is 0 Å². The summed E-state index contributed by atoms with van der Waals surface area (Å²) in [6.45, 7) is 2.22. The minimum atomic E-state index is -3.58. The van der Waals surface area contributed by atoms with Gasteiger partial charge in [-0.2, -0.15) is 4.31 Å². The average Bonchev–Trinajstić information content (AvgIpc) is 3.17. The molecular formula is C14H20N2O3S. The van der Waals surface area contributed by atoms with Gasteiger partial charge in [-0.1, -0.05) is 12.8 Å². The van der Waals surface area contributed by atoms with E-state index in [0.717, 1.165) is 12.8 Å². The highest BCUT2D eigenvalue weighted by Crippen LogP contribution is 2.37. The number of aliphatic hydroxyl groups excluding tert-OH is 1. The van der Waals surface area contributed by atoms with E-state index in [1.807, 2.05) is 11.5 Å². The van der Waals surface area contributed by atoms with Gasteiger partial charge in [0, 0.05) is 24.5 Å². The lowest BCUT2D eigenvalue weighted by atomic mass is 10.4. The van der Waals surface area contributed by atoms with Crippen LogP contribution in [-0.2, 0) is 16.6 Å². The maximum absolute atomic E-state index is 12.6. The molecule has 0 saturated heterocycles. The molecule has 0 unspecified atom stereocenters. The predicted octanol–water partition coefficient (Wildman–Crippen LogP) is 1.35. The minimum Gasteiger partial charge on any atom is -0.390 e. The van der Waals surface area contributed by atoms with E-state index in [4.69, 9.17) is 6.42 Å². The summed E-state index contributed by atoms with van der Waals surface area (Å²) in [6.07, 6.45) is 9.64. The molecule has 1 heterocycles. The lowest BCUT2D eigenvalue weighted by Gasteiger charge is -2.18. The first kappa shape index (κ1) is 15.1. The summed E-state index contributed by atoms with van der Waals surface area (Å²) in [4.78, 5) is 0.220. The van der Waals surface area contributed by atoms with Crippen LogP contribution in [0.3, 0.4) is 0 Å². The van der Waals surface area contributed by atoms with Gasteiger partial charge in [-0.15, -0.1) is 6.42 Å². The van der Waals surface area contributed by atoms with Crippen LogP contribution in [0.25, 0.3) is 0 Å². The second-order valence-electron chi connectivity index (χ2n) is 5.01. The molecule has 1 aromatic heterocycles. The number of hydrogen-bond acceptors (Lipinski definition) is 3. The molecule has 1 fully saturated rings. The lowest BCUT2D eigenvalue weighted by Crippen LogP contribution is -2.32. The van der Waals surface area contributed by atoms with Crippen LogP contribution in [0.1, 0.15) is 37.9 Å². The van der Waals surface area contributed by atoms with Crippen molar-refractivity contribution in [3.05, 3.63) is 18.0 Å². The Morgan fingerprint density at radius 3 is 2.75 bits per heavy atom. The van der Waals surface area contributed by atoms with E-state index < -0.39 is 10.0 Å². The van der Waals surface area contributed by atoms with Crippen molar-refractivity contribution < 1.29 is 13.5 Å². The van der Waals surface area contributed by atoms with Gasteiger partial charge in [0.25, 0.3) is 0 Å². The van der Waals surface area contributed by atoms with Crippen molar-refractivity contribution in [2.75, 3.05) is 13.1 Å². The Balaban J connectivity index is 2.35. The smallest absolute Gasteiger partial charge is 0.245 e. The first-order valence-electron chi connectivity index (χ1n) is 6.79. The van der Waals surface area contributed by atoms with Crippen LogP contribution in [-0.4, -0.2) is 35.5 Å². The normalized spacial score (nSPS) is 15.5. The molecule has 0 bridgehead atoms. The molecule has 6 heteroatoms. The molecule has 0 amide bonds. The molecule has 20 heavy (non-hydrogen) atoms. The fourth-order valence-electron chi connectivity index (χ4n) is 2.24. The number of sulfonamides is 1. The molecule has 110 valence electrons. The van der Waals surface area contributed by atoms with Crippen LogP contribution in [0.2, 0.25) is 0 Å². The summed E-state index contributed by atoms with van der Waals surface area (Å²) in [5.74, 6) is 2.39. The van der Waals surface area contributed by atoms with E-state index in [9.17, 15) is 13.5 Å². The number of aliphatic hydroxyl groups is 1. The molecule has 5 nitrogen and oxygen atoms in total. The van der Waals surface area contributed by atoms with E-state index >= 15 is 0 Å². The van der Waals surface area contributed by atoms with E-state index in [1.165, 1.54) is 4.31 Å². The highest BCUT2D eigenvalue weighted by molar-refractivity contribution is 7.89. The van der Waals surface area contributed by atoms with Crippen LogP contribution in [0, 0.1) is 12.3 Å². The summed E-state index contributed by atoms with van der Waals surface area (Å²) in [5, 5.41) is 9.36. The van der Waals surface area contributed by atoms with Crippen molar-refractivity contribution in [3.63, 3.8) is 0 Å². The van der Waals surface area contributed by atoms with E-state index in [-0.39, 0.29) is 18.0 Å². The van der Waals surface area contributed by atoms with Gasteiger partial charge in [0.1, 0.15) is 4.90 Å². The van der Waals surface area contributed by atoms with Crippen molar-refractivity contribution >= 4 is 10.0 Å². The van der Waals surface area contributed by atoms with Crippen molar-refractivity contribution in [2.24, 2.45) is 0 Å². The van der Waals surface area contributed by atoms with Gasteiger partial charge in [-0.05, 0) is 25.3 Å². The number of terminal acetylenes is 1. The largest absolute Gasteiger partial charge is 0.390 e. The molecule has 1 aliphatic carbocycles. The van der Waals surface area contributed by atoms with Gasteiger partial charge in [0.05, 0.1) is 13.2 Å². The fourth-order valence-corrected chi connectivity index (χ4v) is 3.74. The molecule has 0 aromatic carbocycles. The zero-order chi connectivity index (χ0) is 14.8. The molecule has 1 N–H and O–H groups in total. The fraction of sp³-hybridized carbons (Fsp3) is 0.571. The molecule has 0 radical (unpaired) electrons. The van der Waals surface area contributed by atoms with Crippen molar-refractivity contribution in [3.8, 4) is 12.3 Å². The number of aromatic nitrogens is 1. The SMILES string of the molecule is C#CCN(CCC)S(=O)(=O)c1cc(CO)n(C2CC2)c1. The number of rotatable bonds is 7. The maximum Gasteiger partial charge on any atom is 0.245 e. The van der Waals surface area contributed by atoms with Gasteiger partial charge < -0.3 is 9.67 Å². The standard InChI is InChI=1S/C14H20N2O3S/c1-3-7-15(8-4-2)20(18,19)14-9-13(11-17)16(10-14)12-5-6-12/h1,9-10,12,17H,4-8,11H2,2H3. The molecule has 0 aliphatic heterocycles. The molecule has 1 saturated carbocycles. The zero-order valence-electron chi connectivity index (χ0n) is 11.6. The second kappa shape index (κ2) is 6.00. The topological polar surface area (TPSA) is 62.5 Å². The van der Waals surface area contributed by atoms with Crippen molar-refractivity contribution in [1.29, 1.82) is 0 Å². The van der Waals surface area contributed by atoms with Crippen LogP contribution >= 0.6 is 0 Å². The van der Waals surface area contributed by atoms with Crippen LogP contribution in [0.5, 0.6) is 0 Å². The lowest BCUT2D eigenvalue weighted by molar-refractivity contribution is 0.270. The third kappa shape index (κ3) is 2.90. The van der Waals surface area contributed by atoms with Gasteiger partial charge in [0.2, 0.25) is 10.0 Å². The van der Waals surface area contributed by atoms with Crippen LogP contribution in [0.4, 0.5) is 0 Å². The number of hydrogen-bond donors (Lipinski definition) is 1. The first-order valence-corrected chi connectivity index (χ1v) is 8.23. The monoisotopic (exact) mass is 296 g/mol. The Labute approximate surface area is 120 Å². The summed E-state index contributed by atoms with van der Waals surface area (Å²) >= 11 is 0. The maximum atomic E-state index is 12.6. The van der Waals surface area contributed by atoms with Crippen molar-refractivity contribution in [1.82, 2.24) is 8.87 Å². The Hall–Kier alpha value is -1.29. The Morgan fingerprint density at radius 2 is 2.25 bits per heavy atom. The van der Waals surface area contributed by atoms with E-state index in [1.54, 1.807) is 12.3 Å². The molecular weight excluding hydrogens is 276 g/mol. The summed E-state index contributed by atoms with van der Waals surface area (Å²) in [6, 6.07) is 1.88. The van der Waals surface area contributed by atoms with E-state index in [0.29, 0.717) is 24.7 Å². The summed E-state index contributed by atoms with van der Waals surface area (Å²) in [5.41, 5.74) is 0.642. The minimum absolute atomic E-state index is 0.0687. The Kier molecular flexibility index (Phi) is 4.53. The molecule has 0 spiro atoms. The third-order valence-electron chi connectivity index (χ3n) is 3.39. The number of nitrogens with zero attached hydrogens (tertiary/aromatic N) is 2. The predicted molar refractivity (Wildman–Crippen MR) is 76.5 cm³/mol. The van der Waals surface area contributed by atoms with Gasteiger partial charge >= 0.3 is 0 Å². The second-order valence-corrected chi connectivity index (χ2v) is 6.94. The molecule has 0 atom stereocenters. The molecule has 2 rings (SSSR count). The third-order valence-corrected chi connectivity index (χ3v) is 5.20. The van der Waals surface area contributed by atoms with Gasteiger partial charge in [-0.3, -0.25) is 0 Å². The summed E-state index contributed by atoms with van der Waals surface area (Å²) in [7, 11) is -3.58. The molecule has 1 aliphatic rings. The van der Waals surface area contributed by atoms with E-state index in [2.05, 4.69) is 5.92 Å². The van der Waals surface area contributed by atoms with Crippen LogP contribution < -0.4 is 0 Å².